The summed E-state index contributed by atoms with van der Waals surface area (Å²) in [4.78, 5) is 26.8. The van der Waals surface area contributed by atoms with Crippen LogP contribution >= 0.6 is 23.5 Å². The predicted molar refractivity (Wildman–Crippen MR) is 221 cm³/mol. The molecule has 0 spiro atoms. The molecule has 0 heterocycles. The fourth-order valence-corrected chi connectivity index (χ4v) is 8.69. The SMILES string of the molecule is C=C(SCCC)SCc1ccc(C(CC(C)(C)C)C(C)(C)C(C)(C)CC(C(=O)OCCCC)C(C)(C)C(C)(C)CC(C(=O)O)C(C)(C)C)cc1. The lowest BCUT2D eigenvalue weighted by atomic mass is 9.50. The third-order valence-corrected chi connectivity index (χ3v) is 14.5. The van der Waals surface area contributed by atoms with E-state index in [1.165, 1.54) is 15.4 Å². The number of benzene rings is 1. The maximum atomic E-state index is 14.3. The lowest BCUT2D eigenvalue weighted by Crippen LogP contribution is -2.50. The Morgan fingerprint density at radius 2 is 1.26 bits per heavy atom. The van der Waals surface area contributed by atoms with Crippen LogP contribution in [0.4, 0.5) is 0 Å². The molecule has 50 heavy (non-hydrogen) atoms. The summed E-state index contributed by atoms with van der Waals surface area (Å²) in [6.07, 6.45) is 5.06. The standard InChI is InChI=1S/C44H76O4S2/c1-18-20-25-48-38(47)36(44(16,17)41(10,11)28-35(37(45)46)40(7,8)9)29-42(12,13)43(14,15)34(27-39(4,5)6)33-23-21-32(22-24-33)30-50-31(3)49-26-19-2/h21-24,34-36H,3,18-20,25-30H2,1-2,4-17H3,(H,45,46). The van der Waals surface area contributed by atoms with Crippen molar-refractivity contribution in [1.82, 2.24) is 0 Å². The Balaban J connectivity index is 3.63. The molecule has 0 aliphatic rings. The number of carboxylic acid groups (broad SMARTS) is 1. The van der Waals surface area contributed by atoms with Crippen LogP contribution in [0.2, 0.25) is 0 Å². The summed E-state index contributed by atoms with van der Waals surface area (Å²) in [5, 5.41) is 10.3. The first kappa shape index (κ1) is 46.6. The normalized spacial score (nSPS) is 15.4. The largest absolute Gasteiger partial charge is 0.481 e. The number of thioether (sulfide) groups is 2. The second-order valence-corrected chi connectivity index (χ2v) is 22.0. The van der Waals surface area contributed by atoms with Gasteiger partial charge in [0, 0.05) is 9.99 Å². The van der Waals surface area contributed by atoms with Gasteiger partial charge in [-0.2, -0.15) is 0 Å². The lowest BCUT2D eigenvalue weighted by molar-refractivity contribution is -0.163. The lowest BCUT2D eigenvalue weighted by Gasteiger charge is -2.54. The minimum Gasteiger partial charge on any atom is -0.481 e. The minimum atomic E-state index is -0.778. The molecule has 0 amide bonds. The molecule has 1 rings (SSSR count). The molecule has 0 aliphatic carbocycles. The van der Waals surface area contributed by atoms with Gasteiger partial charge in [-0.05, 0) is 87.4 Å². The van der Waals surface area contributed by atoms with Crippen LogP contribution in [0.5, 0.6) is 0 Å². The molecule has 1 aromatic carbocycles. The van der Waals surface area contributed by atoms with Crippen LogP contribution < -0.4 is 0 Å². The van der Waals surface area contributed by atoms with Gasteiger partial charge in [-0.25, -0.2) is 0 Å². The van der Waals surface area contributed by atoms with E-state index in [1.807, 2.05) is 44.3 Å². The first-order valence-corrected chi connectivity index (χ1v) is 21.0. The number of rotatable bonds is 21. The number of carboxylic acids is 1. The summed E-state index contributed by atoms with van der Waals surface area (Å²) in [5.74, 6) is 0.389. The monoisotopic (exact) mass is 733 g/mol. The van der Waals surface area contributed by atoms with E-state index in [1.54, 1.807) is 0 Å². The second kappa shape index (κ2) is 18.6. The molecule has 6 heteroatoms. The predicted octanol–water partition coefficient (Wildman–Crippen LogP) is 13.6. The zero-order valence-electron chi connectivity index (χ0n) is 35.1. The van der Waals surface area contributed by atoms with Gasteiger partial charge in [0.1, 0.15) is 0 Å². The third-order valence-electron chi connectivity index (χ3n) is 12.1. The highest BCUT2D eigenvalue weighted by Gasteiger charge is 2.54. The van der Waals surface area contributed by atoms with Crippen LogP contribution in [0.15, 0.2) is 35.1 Å². The van der Waals surface area contributed by atoms with Crippen molar-refractivity contribution in [2.45, 2.75) is 161 Å². The Bertz CT molecular complexity index is 1230. The summed E-state index contributed by atoms with van der Waals surface area (Å²) in [7, 11) is 0. The molecule has 0 radical (unpaired) electrons. The molecule has 0 bridgehead atoms. The van der Waals surface area contributed by atoms with Crippen molar-refractivity contribution in [2.24, 2.45) is 44.3 Å². The van der Waals surface area contributed by atoms with Crippen molar-refractivity contribution in [3.63, 3.8) is 0 Å². The van der Waals surface area contributed by atoms with E-state index in [2.05, 4.69) is 121 Å². The molecule has 0 aromatic heterocycles. The van der Waals surface area contributed by atoms with Gasteiger partial charge in [-0.15, -0.1) is 23.5 Å². The molecule has 1 aromatic rings. The van der Waals surface area contributed by atoms with Crippen molar-refractivity contribution in [3.8, 4) is 0 Å². The van der Waals surface area contributed by atoms with E-state index in [9.17, 15) is 14.7 Å². The molecule has 0 aliphatic heterocycles. The van der Waals surface area contributed by atoms with E-state index < -0.39 is 34.1 Å². The van der Waals surface area contributed by atoms with Crippen LogP contribution in [-0.4, -0.2) is 29.4 Å². The molecule has 0 saturated carbocycles. The number of hydrogen-bond donors (Lipinski definition) is 1. The number of hydrogen-bond acceptors (Lipinski definition) is 5. The van der Waals surface area contributed by atoms with E-state index >= 15 is 0 Å². The van der Waals surface area contributed by atoms with Crippen LogP contribution in [0.1, 0.15) is 166 Å². The highest BCUT2D eigenvalue weighted by Crippen LogP contribution is 2.59. The number of unbranched alkanes of at least 4 members (excludes halogenated alkanes) is 1. The molecule has 4 nitrogen and oxygen atoms in total. The third kappa shape index (κ3) is 13.2. The molecule has 288 valence electrons. The molecular formula is C44H76O4S2. The van der Waals surface area contributed by atoms with Crippen LogP contribution in [0, 0.1) is 44.3 Å². The maximum Gasteiger partial charge on any atom is 0.309 e. The first-order chi connectivity index (χ1) is 22.6. The van der Waals surface area contributed by atoms with E-state index in [0.717, 1.165) is 37.2 Å². The number of ether oxygens (including phenoxy) is 1. The molecule has 3 atom stereocenters. The summed E-state index contributed by atoms with van der Waals surface area (Å²) in [5.41, 5.74) is 0.854. The quantitative estimate of drug-likeness (QED) is 0.100. The molecule has 3 unspecified atom stereocenters. The molecular weight excluding hydrogens is 657 g/mol. The topological polar surface area (TPSA) is 63.6 Å². The van der Waals surface area contributed by atoms with Crippen LogP contribution in [0.25, 0.3) is 0 Å². The second-order valence-electron chi connectivity index (χ2n) is 19.5. The van der Waals surface area contributed by atoms with Gasteiger partial charge < -0.3 is 9.84 Å². The first-order valence-electron chi connectivity index (χ1n) is 19.1. The van der Waals surface area contributed by atoms with Gasteiger partial charge in [0.2, 0.25) is 0 Å². The average molecular weight is 733 g/mol. The molecule has 0 fully saturated rings. The van der Waals surface area contributed by atoms with Gasteiger partial charge in [-0.3, -0.25) is 9.59 Å². The fourth-order valence-electron chi connectivity index (χ4n) is 6.97. The summed E-state index contributed by atoms with van der Waals surface area (Å²) >= 11 is 3.67. The Hall–Kier alpha value is -1.40. The van der Waals surface area contributed by atoms with Gasteiger partial charge in [0.05, 0.1) is 18.4 Å². The summed E-state index contributed by atoms with van der Waals surface area (Å²) < 4.78 is 7.22. The molecule has 0 saturated heterocycles. The van der Waals surface area contributed by atoms with E-state index in [-0.39, 0.29) is 28.1 Å². The van der Waals surface area contributed by atoms with Crippen molar-refractivity contribution >= 4 is 35.5 Å². The van der Waals surface area contributed by atoms with Gasteiger partial charge >= 0.3 is 11.9 Å². The summed E-state index contributed by atoms with van der Waals surface area (Å²) in [6, 6.07) is 9.22. The van der Waals surface area contributed by atoms with Gasteiger partial charge in [0.15, 0.2) is 0 Å². The maximum absolute atomic E-state index is 14.3. The number of esters is 1. The van der Waals surface area contributed by atoms with Crippen LogP contribution in [-0.2, 0) is 20.1 Å². The zero-order chi connectivity index (χ0) is 38.9. The smallest absolute Gasteiger partial charge is 0.309 e. The number of carbonyl (C=O) groups is 2. The van der Waals surface area contributed by atoms with Gasteiger partial charge in [0.25, 0.3) is 0 Å². The minimum absolute atomic E-state index is 0.0966. The van der Waals surface area contributed by atoms with Crippen molar-refractivity contribution < 1.29 is 19.4 Å². The Labute approximate surface area is 317 Å². The van der Waals surface area contributed by atoms with Crippen molar-refractivity contribution in [1.29, 1.82) is 0 Å². The van der Waals surface area contributed by atoms with Crippen molar-refractivity contribution in [2.75, 3.05) is 12.4 Å². The summed E-state index contributed by atoms with van der Waals surface area (Å²) in [6.45, 7) is 40.0. The van der Waals surface area contributed by atoms with Gasteiger partial charge in [-0.1, -0.05) is 148 Å². The Kier molecular flexibility index (Phi) is 17.3. The zero-order valence-corrected chi connectivity index (χ0v) is 36.7. The average Bonchev–Trinajstić information content (AvgIpc) is 2.98. The molecule has 1 N–H and O–H groups in total. The highest BCUT2D eigenvalue weighted by molar-refractivity contribution is 8.21. The van der Waals surface area contributed by atoms with Crippen LogP contribution in [0.3, 0.4) is 0 Å². The Morgan fingerprint density at radius 3 is 1.72 bits per heavy atom. The number of aliphatic carboxylic acids is 1. The van der Waals surface area contributed by atoms with E-state index in [0.29, 0.717) is 19.4 Å². The highest BCUT2D eigenvalue weighted by atomic mass is 32.2. The van der Waals surface area contributed by atoms with E-state index in [4.69, 9.17) is 4.74 Å². The Morgan fingerprint density at radius 1 is 0.740 bits per heavy atom. The number of carbonyl (C=O) groups excluding carboxylic acids is 1. The van der Waals surface area contributed by atoms with Crippen molar-refractivity contribution in [3.05, 3.63) is 46.2 Å². The fraction of sp³-hybridized carbons (Fsp3) is 0.773.